The maximum atomic E-state index is 14.1. The molecule has 192 valence electrons. The second-order valence-electron chi connectivity index (χ2n) is 8.12. The number of carbonyl (C=O) groups is 1. The molecule has 1 amide bonds. The van der Waals surface area contributed by atoms with Crippen molar-refractivity contribution < 1.29 is 26.7 Å². The van der Waals surface area contributed by atoms with E-state index < -0.39 is 27.6 Å². The molecule has 0 atom stereocenters. The first-order valence-corrected chi connectivity index (χ1v) is 12.8. The molecule has 3 N–H and O–H groups in total. The van der Waals surface area contributed by atoms with Crippen LogP contribution in [0.15, 0.2) is 55.0 Å². The smallest absolute Gasteiger partial charge is 0.250 e. The summed E-state index contributed by atoms with van der Waals surface area (Å²) in [5.41, 5.74) is 7.53. The van der Waals surface area contributed by atoms with Crippen LogP contribution >= 0.6 is 11.6 Å². The Morgan fingerprint density at radius 3 is 2.51 bits per heavy atom. The van der Waals surface area contributed by atoms with E-state index in [2.05, 4.69) is 14.7 Å². The van der Waals surface area contributed by atoms with Gasteiger partial charge in [-0.05, 0) is 30.3 Å². The molecule has 0 radical (unpaired) electrons. The topological polar surface area (TPSA) is 129 Å². The van der Waals surface area contributed by atoms with Gasteiger partial charge in [-0.25, -0.2) is 22.2 Å². The fourth-order valence-corrected chi connectivity index (χ4v) is 4.57. The maximum absolute atomic E-state index is 14.1. The molecule has 0 saturated carbocycles. The molecular formula is C24H20ClF2N5O4S. The number of amides is 1. The van der Waals surface area contributed by atoms with Crippen LogP contribution < -0.4 is 15.2 Å². The first-order chi connectivity index (χ1) is 17.4. The molecule has 0 aliphatic heterocycles. The number of sulfonamides is 1. The van der Waals surface area contributed by atoms with Gasteiger partial charge in [-0.3, -0.25) is 14.5 Å². The zero-order valence-electron chi connectivity index (χ0n) is 19.5. The van der Waals surface area contributed by atoms with Crippen LogP contribution in [0.1, 0.15) is 15.9 Å². The minimum atomic E-state index is -3.61. The van der Waals surface area contributed by atoms with Gasteiger partial charge in [-0.15, -0.1) is 0 Å². The van der Waals surface area contributed by atoms with Crippen LogP contribution in [0.5, 0.6) is 5.75 Å². The van der Waals surface area contributed by atoms with Crippen molar-refractivity contribution >= 4 is 33.2 Å². The molecule has 3 aromatic heterocycles. The summed E-state index contributed by atoms with van der Waals surface area (Å²) in [4.78, 5) is 20.3. The highest BCUT2D eigenvalue weighted by molar-refractivity contribution is 7.92. The van der Waals surface area contributed by atoms with E-state index in [4.69, 9.17) is 22.1 Å². The Kier molecular flexibility index (Phi) is 7.14. The standard InChI is InChI=1S/C24H20ClF2N5O4S/c1-32-20(22-21(7-17(27)11-30-22)36-12-13-3-16(26)10-29-9-13)8-19(24(28)33)23(32)14-4-15(25)6-18(5-14)31-37(2,34)35/h3-11,31H,12H2,1-2H3,(H2,28,33). The lowest BCUT2D eigenvalue weighted by Crippen LogP contribution is -2.12. The van der Waals surface area contributed by atoms with Crippen molar-refractivity contribution in [3.63, 3.8) is 0 Å². The normalized spacial score (nSPS) is 11.4. The maximum Gasteiger partial charge on any atom is 0.250 e. The fraction of sp³-hybridized carbons (Fsp3) is 0.125. The first-order valence-electron chi connectivity index (χ1n) is 10.6. The predicted molar refractivity (Wildman–Crippen MR) is 135 cm³/mol. The number of aromatic nitrogens is 3. The van der Waals surface area contributed by atoms with Crippen LogP contribution in [0.3, 0.4) is 0 Å². The van der Waals surface area contributed by atoms with Crippen molar-refractivity contribution in [2.75, 3.05) is 11.0 Å². The molecule has 4 rings (SSSR count). The van der Waals surface area contributed by atoms with E-state index in [-0.39, 0.29) is 34.3 Å². The van der Waals surface area contributed by atoms with E-state index in [1.165, 1.54) is 36.5 Å². The molecule has 37 heavy (non-hydrogen) atoms. The van der Waals surface area contributed by atoms with Gasteiger partial charge in [0.15, 0.2) is 5.75 Å². The highest BCUT2D eigenvalue weighted by Gasteiger charge is 2.23. The van der Waals surface area contributed by atoms with Crippen molar-refractivity contribution in [1.82, 2.24) is 14.5 Å². The number of ether oxygens (including phenoxy) is 1. The fourth-order valence-electron chi connectivity index (χ4n) is 3.79. The Bertz CT molecular complexity index is 1630. The third kappa shape index (κ3) is 6.04. The van der Waals surface area contributed by atoms with Crippen LogP contribution in [0.25, 0.3) is 22.6 Å². The summed E-state index contributed by atoms with van der Waals surface area (Å²) in [7, 11) is -1.99. The molecule has 0 unspecified atom stereocenters. The van der Waals surface area contributed by atoms with Crippen molar-refractivity contribution in [2.45, 2.75) is 6.61 Å². The average Bonchev–Trinajstić information content (AvgIpc) is 3.13. The Hall–Kier alpha value is -4.03. The van der Waals surface area contributed by atoms with Gasteiger partial charge in [0.05, 0.1) is 41.3 Å². The number of pyridine rings is 2. The van der Waals surface area contributed by atoms with Crippen LogP contribution in [-0.2, 0) is 23.7 Å². The quantitative estimate of drug-likeness (QED) is 0.341. The van der Waals surface area contributed by atoms with Crippen LogP contribution in [0.2, 0.25) is 5.02 Å². The van der Waals surface area contributed by atoms with Crippen LogP contribution in [0, 0.1) is 11.6 Å². The second kappa shape index (κ2) is 10.1. The van der Waals surface area contributed by atoms with Gasteiger partial charge in [-0.2, -0.15) is 0 Å². The number of hydrogen-bond acceptors (Lipinski definition) is 6. The minimum Gasteiger partial charge on any atom is -0.486 e. The number of nitrogens with zero attached hydrogens (tertiary/aromatic N) is 3. The highest BCUT2D eigenvalue weighted by Crippen LogP contribution is 2.37. The van der Waals surface area contributed by atoms with Crippen LogP contribution in [0.4, 0.5) is 14.5 Å². The van der Waals surface area contributed by atoms with Gasteiger partial charge in [-0.1, -0.05) is 11.6 Å². The van der Waals surface area contributed by atoms with E-state index >= 15 is 0 Å². The van der Waals surface area contributed by atoms with E-state index in [1.807, 2.05) is 0 Å². The molecule has 1 aromatic carbocycles. The number of halogens is 3. The molecular weight excluding hydrogens is 528 g/mol. The number of nitrogens with one attached hydrogen (secondary N) is 1. The van der Waals surface area contributed by atoms with Gasteiger partial charge in [0.2, 0.25) is 10.0 Å². The van der Waals surface area contributed by atoms with Crippen LogP contribution in [-0.4, -0.2) is 35.1 Å². The summed E-state index contributed by atoms with van der Waals surface area (Å²) in [6, 6.07) is 8.23. The molecule has 0 spiro atoms. The summed E-state index contributed by atoms with van der Waals surface area (Å²) in [5.74, 6) is -1.97. The number of carbonyl (C=O) groups excluding carboxylic acids is 1. The summed E-state index contributed by atoms with van der Waals surface area (Å²) < 4.78 is 60.7. The summed E-state index contributed by atoms with van der Waals surface area (Å²) in [6.07, 6.45) is 4.42. The molecule has 3 heterocycles. The van der Waals surface area contributed by atoms with Crippen molar-refractivity contribution in [2.24, 2.45) is 12.8 Å². The molecule has 0 bridgehead atoms. The Morgan fingerprint density at radius 1 is 1.11 bits per heavy atom. The van der Waals surface area contributed by atoms with Crippen molar-refractivity contribution in [1.29, 1.82) is 0 Å². The monoisotopic (exact) mass is 547 g/mol. The third-order valence-electron chi connectivity index (χ3n) is 5.19. The molecule has 0 aliphatic rings. The Balaban J connectivity index is 1.82. The molecule has 0 fully saturated rings. The molecule has 4 aromatic rings. The summed E-state index contributed by atoms with van der Waals surface area (Å²) >= 11 is 6.22. The van der Waals surface area contributed by atoms with Gasteiger partial charge < -0.3 is 15.0 Å². The number of rotatable bonds is 8. The predicted octanol–water partition coefficient (Wildman–Crippen LogP) is 4.13. The van der Waals surface area contributed by atoms with Crippen molar-refractivity contribution in [3.8, 4) is 28.4 Å². The number of nitrogens with two attached hydrogens (primary N) is 1. The number of anilines is 1. The number of benzene rings is 1. The van der Waals surface area contributed by atoms with Gasteiger partial charge in [0, 0.05) is 35.5 Å². The third-order valence-corrected chi connectivity index (χ3v) is 6.02. The molecule has 13 heteroatoms. The first kappa shape index (κ1) is 26.0. The van der Waals surface area contributed by atoms with E-state index in [0.29, 0.717) is 22.5 Å². The van der Waals surface area contributed by atoms with E-state index in [1.54, 1.807) is 11.6 Å². The Labute approximate surface area is 215 Å². The van der Waals surface area contributed by atoms with E-state index in [9.17, 15) is 22.0 Å². The number of primary amides is 1. The van der Waals surface area contributed by atoms with Gasteiger partial charge in [0.1, 0.15) is 23.9 Å². The molecule has 9 nitrogen and oxygen atoms in total. The summed E-state index contributed by atoms with van der Waals surface area (Å²) in [5, 5.41) is 0.203. The van der Waals surface area contributed by atoms with Crippen molar-refractivity contribution in [3.05, 3.63) is 82.8 Å². The average molecular weight is 548 g/mol. The number of hydrogen-bond donors (Lipinski definition) is 2. The highest BCUT2D eigenvalue weighted by atomic mass is 35.5. The molecule has 0 saturated heterocycles. The lowest BCUT2D eigenvalue weighted by Gasteiger charge is -2.14. The SMILES string of the molecule is Cn1c(-c2ncc(F)cc2OCc2cncc(F)c2)cc(C(N)=O)c1-c1cc(Cl)cc(NS(C)(=O)=O)c1. The lowest BCUT2D eigenvalue weighted by atomic mass is 10.1. The van der Waals surface area contributed by atoms with E-state index in [0.717, 1.165) is 24.7 Å². The Morgan fingerprint density at radius 2 is 1.84 bits per heavy atom. The summed E-state index contributed by atoms with van der Waals surface area (Å²) in [6.45, 7) is -0.127. The zero-order valence-corrected chi connectivity index (χ0v) is 21.1. The largest absolute Gasteiger partial charge is 0.486 e. The second-order valence-corrected chi connectivity index (χ2v) is 10.3. The van der Waals surface area contributed by atoms with Gasteiger partial charge in [0.25, 0.3) is 5.91 Å². The zero-order chi connectivity index (χ0) is 26.9. The lowest BCUT2D eigenvalue weighted by molar-refractivity contribution is 0.100. The molecule has 0 aliphatic carbocycles. The minimum absolute atomic E-state index is 0.0259. The van der Waals surface area contributed by atoms with Gasteiger partial charge >= 0.3 is 0 Å².